The van der Waals surface area contributed by atoms with E-state index in [0.29, 0.717) is 12.6 Å². The molecule has 1 aromatic rings. The average molecular weight is 229 g/mol. The van der Waals surface area contributed by atoms with Crippen molar-refractivity contribution < 1.29 is 9.53 Å². The maximum Gasteiger partial charge on any atom is 0.414 e. The summed E-state index contributed by atoms with van der Waals surface area (Å²) in [6.07, 6.45) is 4.96. The maximum absolute atomic E-state index is 11.3. The van der Waals surface area contributed by atoms with Gasteiger partial charge in [0.05, 0.1) is 12.6 Å². The Kier molecular flexibility index (Phi) is 2.59. The van der Waals surface area contributed by atoms with Gasteiger partial charge in [0.2, 0.25) is 0 Å². The van der Waals surface area contributed by atoms with E-state index in [1.54, 1.807) is 4.90 Å². The van der Waals surface area contributed by atoms with E-state index in [1.807, 2.05) is 6.07 Å². The van der Waals surface area contributed by atoms with Crippen molar-refractivity contribution in [2.24, 2.45) is 0 Å². The van der Waals surface area contributed by atoms with Crippen LogP contribution in [0.2, 0.25) is 0 Å². The summed E-state index contributed by atoms with van der Waals surface area (Å²) >= 11 is 0. The van der Waals surface area contributed by atoms with E-state index in [9.17, 15) is 4.79 Å². The van der Waals surface area contributed by atoms with Crippen molar-refractivity contribution in [1.29, 1.82) is 0 Å². The first-order valence-corrected chi connectivity index (χ1v) is 6.06. The zero-order valence-electron chi connectivity index (χ0n) is 9.63. The summed E-state index contributed by atoms with van der Waals surface area (Å²) in [6, 6.07) is 10.7. The highest BCUT2D eigenvalue weighted by Gasteiger charge is 2.48. The Hall–Kier alpha value is -1.77. The number of ether oxygens (including phenoxy) is 1. The summed E-state index contributed by atoms with van der Waals surface area (Å²) in [6.45, 7) is 0.566. The molecule has 2 heterocycles. The molecule has 2 saturated heterocycles. The van der Waals surface area contributed by atoms with E-state index in [-0.39, 0.29) is 6.09 Å². The first-order valence-electron chi connectivity index (χ1n) is 6.06. The third kappa shape index (κ3) is 2.05. The van der Waals surface area contributed by atoms with Gasteiger partial charge in [-0.3, -0.25) is 4.90 Å². The van der Waals surface area contributed by atoms with Crippen LogP contribution in [-0.4, -0.2) is 23.6 Å². The van der Waals surface area contributed by atoms with Crippen molar-refractivity contribution in [1.82, 2.24) is 4.90 Å². The number of benzene rings is 1. The topological polar surface area (TPSA) is 29.3 Å². The smallest absolute Gasteiger partial charge is 0.414 e. The zero-order valence-corrected chi connectivity index (χ0v) is 9.63. The van der Waals surface area contributed by atoms with Crippen LogP contribution in [0.25, 0.3) is 0 Å². The van der Waals surface area contributed by atoms with Crippen LogP contribution in [0.1, 0.15) is 18.4 Å². The van der Waals surface area contributed by atoms with Gasteiger partial charge in [0, 0.05) is 12.1 Å². The fourth-order valence-corrected chi connectivity index (χ4v) is 2.36. The molecule has 17 heavy (non-hydrogen) atoms. The molecular weight excluding hydrogens is 214 g/mol. The van der Waals surface area contributed by atoms with E-state index in [4.69, 9.17) is 4.74 Å². The second kappa shape index (κ2) is 4.24. The van der Waals surface area contributed by atoms with Crippen LogP contribution in [0.3, 0.4) is 0 Å². The zero-order chi connectivity index (χ0) is 11.7. The summed E-state index contributed by atoms with van der Waals surface area (Å²) in [5, 5.41) is 0. The van der Waals surface area contributed by atoms with Gasteiger partial charge in [0.1, 0.15) is 0 Å². The molecule has 0 bridgehead atoms. The van der Waals surface area contributed by atoms with Crippen molar-refractivity contribution in [3.05, 3.63) is 47.7 Å². The number of hydrogen-bond acceptors (Lipinski definition) is 2. The molecule has 0 aromatic heterocycles. The molecule has 2 aliphatic rings. The number of fused-ring (bicyclic) bond motifs is 1. The van der Waals surface area contributed by atoms with Crippen molar-refractivity contribution in [3.63, 3.8) is 0 Å². The van der Waals surface area contributed by atoms with Gasteiger partial charge in [0.25, 0.3) is 0 Å². The summed E-state index contributed by atoms with van der Waals surface area (Å²) < 4.78 is 4.97. The maximum atomic E-state index is 11.3. The van der Waals surface area contributed by atoms with Crippen molar-refractivity contribution in [3.8, 4) is 0 Å². The second-order valence-electron chi connectivity index (χ2n) is 4.44. The van der Waals surface area contributed by atoms with Gasteiger partial charge >= 0.3 is 6.09 Å². The lowest BCUT2D eigenvalue weighted by Crippen LogP contribution is -2.22. The van der Waals surface area contributed by atoms with Crippen LogP contribution in [0.5, 0.6) is 0 Å². The van der Waals surface area contributed by atoms with E-state index >= 15 is 0 Å². The Morgan fingerprint density at radius 2 is 2.18 bits per heavy atom. The molecule has 0 saturated carbocycles. The van der Waals surface area contributed by atoms with Crippen LogP contribution >= 0.6 is 0 Å². The molecule has 3 heteroatoms. The van der Waals surface area contributed by atoms with Crippen LogP contribution in [0.15, 0.2) is 42.1 Å². The quantitative estimate of drug-likeness (QED) is 0.746. The molecule has 0 spiro atoms. The minimum atomic E-state index is -0.174. The number of aryl methyl sites for hydroxylation is 1. The molecule has 2 aliphatic heterocycles. The molecule has 3 nitrogen and oxygen atoms in total. The number of cyclic esters (lactones) is 1. The van der Waals surface area contributed by atoms with E-state index in [2.05, 4.69) is 30.3 Å². The van der Waals surface area contributed by atoms with Gasteiger partial charge < -0.3 is 4.74 Å². The van der Waals surface area contributed by atoms with Crippen LogP contribution < -0.4 is 0 Å². The minimum Gasteiger partial charge on any atom is -0.449 e. The number of nitrogens with zero attached hydrogens (tertiary/aromatic N) is 1. The van der Waals surface area contributed by atoms with E-state index < -0.39 is 0 Å². The van der Waals surface area contributed by atoms with Gasteiger partial charge in [-0.25, -0.2) is 4.79 Å². The second-order valence-corrected chi connectivity index (χ2v) is 4.44. The van der Waals surface area contributed by atoms with E-state index in [0.717, 1.165) is 25.0 Å². The molecule has 88 valence electrons. The predicted octanol–water partition coefficient (Wildman–Crippen LogP) is 2.73. The summed E-state index contributed by atoms with van der Waals surface area (Å²) in [5.41, 5.74) is 2.49. The number of allylic oxidation sites excluding steroid dienone is 1. The first-order chi connectivity index (χ1) is 8.36. The number of rotatable bonds is 3. The van der Waals surface area contributed by atoms with Gasteiger partial charge in [-0.1, -0.05) is 36.4 Å². The Morgan fingerprint density at radius 1 is 1.35 bits per heavy atom. The molecule has 0 N–H and O–H groups in total. The SMILES string of the molecule is O=C1OCC[C@H]2/C(=C\CCc3ccccc3)N12. The number of hydrogen-bond donors (Lipinski definition) is 0. The number of carbonyl (C=O) groups excluding carboxylic acids is 1. The molecule has 0 aliphatic carbocycles. The van der Waals surface area contributed by atoms with Gasteiger partial charge in [0.15, 0.2) is 0 Å². The Morgan fingerprint density at radius 3 is 2.94 bits per heavy atom. The summed E-state index contributed by atoms with van der Waals surface area (Å²) in [7, 11) is 0. The van der Waals surface area contributed by atoms with E-state index in [1.165, 1.54) is 5.56 Å². The molecule has 0 radical (unpaired) electrons. The molecule has 1 atom stereocenters. The van der Waals surface area contributed by atoms with Crippen LogP contribution in [-0.2, 0) is 11.2 Å². The molecule has 1 amide bonds. The molecule has 0 unspecified atom stereocenters. The van der Waals surface area contributed by atoms with Gasteiger partial charge in [-0.05, 0) is 18.4 Å². The molecular formula is C14H15NO2. The van der Waals surface area contributed by atoms with Gasteiger partial charge in [-0.2, -0.15) is 0 Å². The standard InChI is InChI=1S/C14H15NO2/c16-14-15-12(13(15)9-10-17-14)8-4-7-11-5-2-1-3-6-11/h1-3,5-6,8,13H,4,7,9-10H2/b12-8+/t13-,15?/m0/s1. The highest BCUT2D eigenvalue weighted by Crippen LogP contribution is 2.39. The Balaban J connectivity index is 1.57. The van der Waals surface area contributed by atoms with Crippen LogP contribution in [0.4, 0.5) is 4.79 Å². The summed E-state index contributed by atoms with van der Waals surface area (Å²) in [5.74, 6) is 0. The first kappa shape index (κ1) is 10.4. The lowest BCUT2D eigenvalue weighted by Gasteiger charge is -2.09. The minimum absolute atomic E-state index is 0.174. The number of carbonyl (C=O) groups is 1. The molecule has 3 rings (SSSR count). The Labute approximate surface area is 101 Å². The monoisotopic (exact) mass is 229 g/mol. The fraction of sp³-hybridized carbons (Fsp3) is 0.357. The fourth-order valence-electron chi connectivity index (χ4n) is 2.36. The predicted molar refractivity (Wildman–Crippen MR) is 64.4 cm³/mol. The van der Waals surface area contributed by atoms with Crippen molar-refractivity contribution in [2.75, 3.05) is 6.61 Å². The van der Waals surface area contributed by atoms with Crippen LogP contribution in [0, 0.1) is 0 Å². The lowest BCUT2D eigenvalue weighted by atomic mass is 10.1. The Bertz CT molecular complexity index is 453. The van der Waals surface area contributed by atoms with Crippen molar-refractivity contribution >= 4 is 6.09 Å². The lowest BCUT2D eigenvalue weighted by molar-refractivity contribution is 0.111. The highest BCUT2D eigenvalue weighted by atomic mass is 16.6. The highest BCUT2D eigenvalue weighted by molar-refractivity contribution is 5.77. The third-order valence-corrected chi connectivity index (χ3v) is 3.31. The molecule has 1 aromatic carbocycles. The average Bonchev–Trinajstić information content (AvgIpc) is 3.06. The normalized spacial score (nSPS) is 24.5. The number of amides is 1. The third-order valence-electron chi connectivity index (χ3n) is 3.31. The summed E-state index contributed by atoms with van der Waals surface area (Å²) in [4.78, 5) is 13.1. The molecule has 2 fully saturated rings. The van der Waals surface area contributed by atoms with Crippen molar-refractivity contribution in [2.45, 2.75) is 25.3 Å². The van der Waals surface area contributed by atoms with Gasteiger partial charge in [-0.15, -0.1) is 0 Å². The largest absolute Gasteiger partial charge is 0.449 e.